The molecule has 0 fully saturated rings. The molecule has 0 amide bonds. The summed E-state index contributed by atoms with van der Waals surface area (Å²) in [4.78, 5) is 3.59. The number of hydrogen-bond donors (Lipinski definition) is 0. The highest BCUT2D eigenvalue weighted by molar-refractivity contribution is 7.70. The Balaban J connectivity index is 2.25. The van der Waals surface area contributed by atoms with E-state index in [0.29, 0.717) is 0 Å². The molecule has 0 nitrogen and oxygen atoms in total. The maximum atomic E-state index is 6.24. The van der Waals surface area contributed by atoms with Gasteiger partial charge in [-0.05, 0) is 28.3 Å². The van der Waals surface area contributed by atoms with Gasteiger partial charge in [-0.2, -0.15) is 0 Å². The molecule has 0 aliphatic heterocycles. The zero-order valence-corrected chi connectivity index (χ0v) is 15.1. The molecular weight excluding hydrogens is 375 g/mol. The molecular formula is C12H7Cl3S3Si. The lowest BCUT2D eigenvalue weighted by Crippen LogP contribution is -2.30. The Morgan fingerprint density at radius 3 is 2.00 bits per heavy atom. The Morgan fingerprint density at radius 1 is 0.842 bits per heavy atom. The monoisotopic (exact) mass is 380 g/mol. The third-order valence-electron chi connectivity index (χ3n) is 2.61. The molecule has 0 radical (unpaired) electrons. The van der Waals surface area contributed by atoms with E-state index in [1.807, 2.05) is 17.5 Å². The molecule has 3 aromatic heterocycles. The molecule has 0 spiro atoms. The maximum Gasteiger partial charge on any atom is 0.374 e. The summed E-state index contributed by atoms with van der Waals surface area (Å²) in [6.45, 7) is 0. The first kappa shape index (κ1) is 14.1. The highest BCUT2D eigenvalue weighted by Crippen LogP contribution is 2.42. The van der Waals surface area contributed by atoms with Gasteiger partial charge in [0.2, 0.25) is 0 Å². The highest BCUT2D eigenvalue weighted by atomic mass is 35.8. The molecule has 0 saturated carbocycles. The van der Waals surface area contributed by atoms with Crippen molar-refractivity contribution in [1.82, 2.24) is 0 Å². The van der Waals surface area contributed by atoms with Gasteiger partial charge in [-0.1, -0.05) is 12.1 Å². The van der Waals surface area contributed by atoms with Crippen molar-refractivity contribution in [1.29, 1.82) is 0 Å². The normalized spacial score (nSPS) is 11.9. The van der Waals surface area contributed by atoms with E-state index in [4.69, 9.17) is 33.2 Å². The molecule has 7 heteroatoms. The van der Waals surface area contributed by atoms with Crippen LogP contribution in [-0.2, 0) is 0 Å². The molecule has 0 saturated heterocycles. The Labute approximate surface area is 138 Å². The summed E-state index contributed by atoms with van der Waals surface area (Å²) in [6, 6.07) is 5.38. The number of rotatable bonds is 3. The summed E-state index contributed by atoms with van der Waals surface area (Å²) >= 11 is 23.8. The van der Waals surface area contributed by atoms with Crippen LogP contribution in [0.4, 0.5) is 0 Å². The van der Waals surface area contributed by atoms with Crippen LogP contribution in [0.1, 0.15) is 0 Å². The van der Waals surface area contributed by atoms with E-state index in [1.54, 1.807) is 34.0 Å². The van der Waals surface area contributed by atoms with E-state index >= 15 is 0 Å². The van der Waals surface area contributed by atoms with E-state index in [-0.39, 0.29) is 0 Å². The van der Waals surface area contributed by atoms with Gasteiger partial charge in [0.1, 0.15) is 0 Å². The average molecular weight is 382 g/mol. The van der Waals surface area contributed by atoms with Crippen molar-refractivity contribution in [2.24, 2.45) is 0 Å². The largest absolute Gasteiger partial charge is 0.374 e. The van der Waals surface area contributed by atoms with Crippen LogP contribution < -0.4 is 5.19 Å². The first-order valence-electron chi connectivity index (χ1n) is 5.34. The fourth-order valence-electron chi connectivity index (χ4n) is 1.82. The first-order valence-corrected chi connectivity index (χ1v) is 13.0. The zero-order chi connectivity index (χ0) is 13.5. The van der Waals surface area contributed by atoms with Crippen LogP contribution >= 0.6 is 67.2 Å². The molecule has 3 rings (SSSR count). The predicted octanol–water partition coefficient (Wildman–Crippen LogP) is 6.07. The number of halogens is 3. The molecule has 98 valence electrons. The Kier molecular flexibility index (Phi) is 4.11. The van der Waals surface area contributed by atoms with Crippen LogP contribution in [0.5, 0.6) is 0 Å². The third kappa shape index (κ3) is 2.81. The maximum absolute atomic E-state index is 6.24. The van der Waals surface area contributed by atoms with Crippen molar-refractivity contribution in [3.63, 3.8) is 0 Å². The summed E-state index contributed by atoms with van der Waals surface area (Å²) in [7, 11) is 0. The van der Waals surface area contributed by atoms with Crippen LogP contribution in [0, 0.1) is 0 Å². The molecule has 3 heterocycles. The second-order valence-electron chi connectivity index (χ2n) is 3.81. The predicted molar refractivity (Wildman–Crippen MR) is 93.9 cm³/mol. The van der Waals surface area contributed by atoms with Gasteiger partial charge in [0.05, 0.1) is 4.88 Å². The van der Waals surface area contributed by atoms with E-state index in [1.165, 1.54) is 14.6 Å². The molecule has 0 atom stereocenters. The van der Waals surface area contributed by atoms with Crippen LogP contribution in [0.15, 0.2) is 40.4 Å². The van der Waals surface area contributed by atoms with E-state index in [2.05, 4.69) is 22.9 Å². The third-order valence-corrected chi connectivity index (χ3v) is 8.57. The lowest BCUT2D eigenvalue weighted by molar-refractivity contribution is 1.90. The minimum Gasteiger partial charge on any atom is -0.144 e. The summed E-state index contributed by atoms with van der Waals surface area (Å²) in [5.41, 5.74) is 1.11. The SMILES string of the molecule is Cl[Si](Cl)(Cl)c1csc(-c2cccs2)c1-c1cccs1. The minimum atomic E-state index is -2.89. The first-order chi connectivity index (χ1) is 9.07. The van der Waals surface area contributed by atoms with Crippen LogP contribution in [0.25, 0.3) is 20.2 Å². The van der Waals surface area contributed by atoms with Crippen LogP contribution in [0.3, 0.4) is 0 Å². The van der Waals surface area contributed by atoms with Gasteiger partial charge in [0.15, 0.2) is 0 Å². The van der Waals surface area contributed by atoms with E-state index in [0.717, 1.165) is 10.8 Å². The van der Waals surface area contributed by atoms with E-state index < -0.39 is 6.00 Å². The van der Waals surface area contributed by atoms with Gasteiger partial charge in [-0.15, -0.1) is 67.2 Å². The summed E-state index contributed by atoms with van der Waals surface area (Å²) in [5, 5.41) is 7.02. The van der Waals surface area contributed by atoms with E-state index in [9.17, 15) is 0 Å². The lowest BCUT2D eigenvalue weighted by atomic mass is 10.2. The summed E-state index contributed by atoms with van der Waals surface area (Å²) < 4.78 is 0. The molecule has 0 aliphatic carbocycles. The fraction of sp³-hybridized carbons (Fsp3) is 0. The van der Waals surface area contributed by atoms with Crippen molar-refractivity contribution in [2.75, 3.05) is 0 Å². The van der Waals surface area contributed by atoms with Crippen molar-refractivity contribution in [3.8, 4) is 20.2 Å². The number of hydrogen-bond acceptors (Lipinski definition) is 3. The average Bonchev–Trinajstić information content (AvgIpc) is 3.09. The van der Waals surface area contributed by atoms with Gasteiger partial charge < -0.3 is 0 Å². The van der Waals surface area contributed by atoms with Gasteiger partial charge in [0, 0.05) is 20.5 Å². The molecule has 0 aromatic carbocycles. The summed E-state index contributed by atoms with van der Waals surface area (Å²) in [6.07, 6.45) is 0. The molecule has 0 bridgehead atoms. The molecule has 3 aromatic rings. The minimum absolute atomic E-state index is 0.897. The second kappa shape index (κ2) is 5.52. The lowest BCUT2D eigenvalue weighted by Gasteiger charge is -2.10. The molecule has 0 N–H and O–H groups in total. The Hall–Kier alpha value is 0.187. The smallest absolute Gasteiger partial charge is 0.144 e. The standard InChI is InChI=1S/C12H7Cl3S3Si/c13-19(14,15)10-7-18-12(9-4-2-6-17-9)11(10)8-3-1-5-16-8/h1-7H. The van der Waals surface area contributed by atoms with Crippen molar-refractivity contribution in [3.05, 3.63) is 40.4 Å². The molecule has 19 heavy (non-hydrogen) atoms. The van der Waals surface area contributed by atoms with Crippen molar-refractivity contribution < 1.29 is 0 Å². The molecule has 0 aliphatic rings. The van der Waals surface area contributed by atoms with Gasteiger partial charge in [0.25, 0.3) is 0 Å². The van der Waals surface area contributed by atoms with Crippen molar-refractivity contribution in [2.45, 2.75) is 0 Å². The van der Waals surface area contributed by atoms with Gasteiger partial charge >= 0.3 is 6.00 Å². The Bertz CT molecular complexity index is 666. The fourth-order valence-corrected chi connectivity index (χ4v) is 8.00. The van der Waals surface area contributed by atoms with Crippen LogP contribution in [-0.4, -0.2) is 6.00 Å². The number of thiophene rings is 3. The summed E-state index contributed by atoms with van der Waals surface area (Å²) in [5.74, 6) is 0. The van der Waals surface area contributed by atoms with Crippen LogP contribution in [0.2, 0.25) is 0 Å². The quantitative estimate of drug-likeness (QED) is 0.381. The van der Waals surface area contributed by atoms with Crippen molar-refractivity contribution >= 4 is 78.4 Å². The zero-order valence-electron chi connectivity index (χ0n) is 9.40. The second-order valence-corrected chi connectivity index (χ2v) is 15.0. The highest BCUT2D eigenvalue weighted by Gasteiger charge is 2.34. The van der Waals surface area contributed by atoms with Gasteiger partial charge in [-0.25, -0.2) is 0 Å². The molecule has 0 unspecified atom stereocenters. The Morgan fingerprint density at radius 2 is 1.47 bits per heavy atom. The topological polar surface area (TPSA) is 0 Å². The van der Waals surface area contributed by atoms with Gasteiger partial charge in [-0.3, -0.25) is 0 Å².